The lowest BCUT2D eigenvalue weighted by Crippen LogP contribution is -2.07. The zero-order valence-corrected chi connectivity index (χ0v) is 14.5. The van der Waals surface area contributed by atoms with E-state index in [0.717, 1.165) is 12.1 Å². The maximum absolute atomic E-state index is 12.8. The molecule has 10 heteroatoms. The predicted molar refractivity (Wildman–Crippen MR) is 88.7 cm³/mol. The first kappa shape index (κ1) is 18.3. The fourth-order valence-corrected chi connectivity index (χ4v) is 2.95. The molecule has 0 aliphatic rings. The molecule has 0 spiro atoms. The second kappa shape index (κ2) is 6.69. The summed E-state index contributed by atoms with van der Waals surface area (Å²) >= 11 is 12.0. The van der Waals surface area contributed by atoms with E-state index in [4.69, 9.17) is 27.9 Å². The van der Waals surface area contributed by atoms with Crippen LogP contribution < -0.4 is 4.74 Å². The number of hydrogen-bond donors (Lipinski definition) is 0. The fraction of sp³-hybridized carbons (Fsp3) is 0.125. The van der Waals surface area contributed by atoms with Crippen LogP contribution >= 0.6 is 23.2 Å². The lowest BCUT2D eigenvalue weighted by molar-refractivity contribution is -0.137. The number of carbonyl (C=O) groups excluding carboxylic acids is 1. The van der Waals surface area contributed by atoms with Crippen molar-refractivity contribution < 1.29 is 27.4 Å². The van der Waals surface area contributed by atoms with Crippen LogP contribution in [0.4, 0.5) is 18.0 Å². The van der Waals surface area contributed by atoms with E-state index in [1.54, 1.807) is 6.07 Å². The van der Waals surface area contributed by atoms with Gasteiger partial charge in [0.25, 0.3) is 0 Å². The smallest absolute Gasteiger partial charge is 0.437 e. The van der Waals surface area contributed by atoms with Crippen LogP contribution in [0, 0.1) is 0 Å². The summed E-state index contributed by atoms with van der Waals surface area (Å²) in [6, 6.07) is 4.61. The molecule has 0 atom stereocenters. The fourth-order valence-electron chi connectivity index (χ4n) is 2.27. The number of alkyl halides is 3. The Morgan fingerprint density at radius 2 is 1.81 bits per heavy atom. The lowest BCUT2D eigenvalue weighted by atomic mass is 10.1. The summed E-state index contributed by atoms with van der Waals surface area (Å²) < 4.78 is 49.3. The van der Waals surface area contributed by atoms with Crippen molar-refractivity contribution in [3.8, 4) is 17.0 Å². The Labute approximate surface area is 154 Å². The molecule has 0 aliphatic heterocycles. The van der Waals surface area contributed by atoms with Gasteiger partial charge in [-0.2, -0.15) is 13.2 Å². The Kier molecular flexibility index (Phi) is 4.72. The second-order valence-electron chi connectivity index (χ2n) is 5.13. The van der Waals surface area contributed by atoms with Gasteiger partial charge in [0.05, 0.1) is 34.6 Å². The van der Waals surface area contributed by atoms with Crippen LogP contribution in [0.2, 0.25) is 10.0 Å². The summed E-state index contributed by atoms with van der Waals surface area (Å²) in [6.45, 7) is 0. The molecular weight excluding hydrogens is 396 g/mol. The van der Waals surface area contributed by atoms with Crippen LogP contribution in [0.1, 0.15) is 5.56 Å². The predicted octanol–water partition coefficient (Wildman–Crippen LogP) is 5.47. The van der Waals surface area contributed by atoms with Gasteiger partial charge in [-0.15, -0.1) is 0 Å². The van der Waals surface area contributed by atoms with Crippen molar-refractivity contribution in [2.24, 2.45) is 0 Å². The Balaban J connectivity index is 2.04. The van der Waals surface area contributed by atoms with E-state index in [0.29, 0.717) is 5.65 Å². The van der Waals surface area contributed by atoms with E-state index in [1.165, 1.54) is 30.0 Å². The number of pyridine rings is 1. The molecule has 0 N–H and O–H groups in total. The first-order chi connectivity index (χ1) is 12.2. The summed E-state index contributed by atoms with van der Waals surface area (Å²) in [5.41, 5.74) is -0.0672. The van der Waals surface area contributed by atoms with Crippen LogP contribution in [0.25, 0.3) is 16.9 Å². The minimum Gasteiger partial charge on any atom is -0.437 e. The zero-order chi connectivity index (χ0) is 19.1. The second-order valence-corrected chi connectivity index (χ2v) is 5.94. The molecule has 2 heterocycles. The number of nitrogens with zero attached hydrogens (tertiary/aromatic N) is 2. The standard InChI is InChI=1S/C16H9Cl2F3N2O3/c1-25-15(24)26-9-2-3-13-22-12(7-23(13)6-9)14-10(17)4-8(5-11(14)18)16(19,20)21/h2-7H,1H3. The molecule has 3 aromatic rings. The van der Waals surface area contributed by atoms with Gasteiger partial charge in [0.15, 0.2) is 5.75 Å². The number of imidazole rings is 1. The molecule has 5 nitrogen and oxygen atoms in total. The van der Waals surface area contributed by atoms with Crippen LogP contribution in [-0.4, -0.2) is 22.6 Å². The zero-order valence-electron chi connectivity index (χ0n) is 13.0. The number of fused-ring (bicyclic) bond motifs is 1. The highest BCUT2D eigenvalue weighted by Gasteiger charge is 2.32. The van der Waals surface area contributed by atoms with E-state index in [-0.39, 0.29) is 27.1 Å². The van der Waals surface area contributed by atoms with Gasteiger partial charge in [-0.1, -0.05) is 23.2 Å². The third-order valence-electron chi connectivity index (χ3n) is 3.42. The highest BCUT2D eigenvalue weighted by molar-refractivity contribution is 6.39. The van der Waals surface area contributed by atoms with Gasteiger partial charge in [-0.25, -0.2) is 9.78 Å². The number of methoxy groups -OCH3 is 1. The molecule has 0 saturated heterocycles. The van der Waals surface area contributed by atoms with Crippen molar-refractivity contribution in [2.45, 2.75) is 6.18 Å². The van der Waals surface area contributed by atoms with Crippen molar-refractivity contribution in [2.75, 3.05) is 7.11 Å². The van der Waals surface area contributed by atoms with E-state index in [1.807, 2.05) is 0 Å². The van der Waals surface area contributed by atoms with E-state index >= 15 is 0 Å². The molecule has 136 valence electrons. The van der Waals surface area contributed by atoms with Crippen molar-refractivity contribution in [1.82, 2.24) is 9.38 Å². The van der Waals surface area contributed by atoms with Crippen LogP contribution in [-0.2, 0) is 10.9 Å². The number of aromatic nitrogens is 2. The van der Waals surface area contributed by atoms with Gasteiger partial charge in [-0.05, 0) is 24.3 Å². The number of rotatable bonds is 2. The number of halogens is 5. The maximum Gasteiger partial charge on any atom is 0.513 e. The number of benzene rings is 1. The highest BCUT2D eigenvalue weighted by Crippen LogP contribution is 2.40. The average molecular weight is 405 g/mol. The number of ether oxygens (including phenoxy) is 2. The van der Waals surface area contributed by atoms with Crippen molar-refractivity contribution >= 4 is 35.0 Å². The van der Waals surface area contributed by atoms with Crippen LogP contribution in [0.3, 0.4) is 0 Å². The molecule has 0 radical (unpaired) electrons. The van der Waals surface area contributed by atoms with Gasteiger partial charge in [0.2, 0.25) is 0 Å². The van der Waals surface area contributed by atoms with E-state index < -0.39 is 17.9 Å². The molecule has 0 amide bonds. The minimum atomic E-state index is -4.56. The molecule has 0 bridgehead atoms. The molecule has 3 rings (SSSR count). The third kappa shape index (κ3) is 3.56. The molecular formula is C16H9Cl2F3N2O3. The highest BCUT2D eigenvalue weighted by atomic mass is 35.5. The normalized spacial score (nSPS) is 11.6. The summed E-state index contributed by atoms with van der Waals surface area (Å²) in [7, 11) is 1.17. The first-order valence-corrected chi connectivity index (χ1v) is 7.76. The van der Waals surface area contributed by atoms with E-state index in [9.17, 15) is 18.0 Å². The van der Waals surface area contributed by atoms with Gasteiger partial charge in [-0.3, -0.25) is 0 Å². The maximum atomic E-state index is 12.8. The molecule has 0 fully saturated rings. The summed E-state index contributed by atoms with van der Waals surface area (Å²) in [5.74, 6) is 0.193. The summed E-state index contributed by atoms with van der Waals surface area (Å²) in [6.07, 6.45) is -2.50. The van der Waals surface area contributed by atoms with Crippen LogP contribution in [0.15, 0.2) is 36.7 Å². The topological polar surface area (TPSA) is 52.8 Å². The first-order valence-electron chi connectivity index (χ1n) is 7.00. The SMILES string of the molecule is COC(=O)Oc1ccc2nc(-c3c(Cl)cc(C(F)(F)F)cc3Cl)cn2c1. The molecule has 0 unspecified atom stereocenters. The van der Waals surface area contributed by atoms with Crippen molar-refractivity contribution in [1.29, 1.82) is 0 Å². The molecule has 0 saturated carbocycles. The largest absolute Gasteiger partial charge is 0.513 e. The van der Waals surface area contributed by atoms with Crippen molar-refractivity contribution in [3.63, 3.8) is 0 Å². The Morgan fingerprint density at radius 1 is 1.15 bits per heavy atom. The quantitative estimate of drug-likeness (QED) is 0.531. The van der Waals surface area contributed by atoms with E-state index in [2.05, 4.69) is 9.72 Å². The molecule has 2 aromatic heterocycles. The van der Waals surface area contributed by atoms with Gasteiger partial charge in [0, 0.05) is 11.8 Å². The minimum absolute atomic E-state index is 0.167. The molecule has 26 heavy (non-hydrogen) atoms. The lowest BCUT2D eigenvalue weighted by Gasteiger charge is -2.10. The third-order valence-corrected chi connectivity index (χ3v) is 4.01. The molecule has 1 aromatic carbocycles. The Hall–Kier alpha value is -2.45. The Bertz CT molecular complexity index is 979. The van der Waals surface area contributed by atoms with Crippen molar-refractivity contribution in [3.05, 3.63) is 52.3 Å². The Morgan fingerprint density at radius 3 is 2.38 bits per heavy atom. The van der Waals surface area contributed by atoms with Gasteiger partial charge in [0.1, 0.15) is 5.65 Å². The average Bonchev–Trinajstić information content (AvgIpc) is 2.95. The summed E-state index contributed by atoms with van der Waals surface area (Å²) in [5, 5.41) is -0.362. The molecule has 0 aliphatic carbocycles. The summed E-state index contributed by atoms with van der Waals surface area (Å²) in [4.78, 5) is 15.4. The van der Waals surface area contributed by atoms with Crippen LogP contribution in [0.5, 0.6) is 5.75 Å². The van der Waals surface area contributed by atoms with Gasteiger partial charge >= 0.3 is 12.3 Å². The number of carbonyl (C=O) groups is 1. The number of hydrogen-bond acceptors (Lipinski definition) is 4. The van der Waals surface area contributed by atoms with Gasteiger partial charge < -0.3 is 13.9 Å². The monoisotopic (exact) mass is 404 g/mol.